The summed E-state index contributed by atoms with van der Waals surface area (Å²) in [6.07, 6.45) is 3.53. The number of nitrogens with zero attached hydrogens (tertiary/aromatic N) is 2. The first kappa shape index (κ1) is 15.6. The molecule has 3 aromatic rings. The zero-order valence-corrected chi connectivity index (χ0v) is 14.2. The van der Waals surface area contributed by atoms with Gasteiger partial charge in [0.15, 0.2) is 6.29 Å². The predicted octanol–water partition coefficient (Wildman–Crippen LogP) is 3.60. The summed E-state index contributed by atoms with van der Waals surface area (Å²) in [4.78, 5) is 26.3. The lowest BCUT2D eigenvalue weighted by Crippen LogP contribution is -2.39. The van der Waals surface area contributed by atoms with Gasteiger partial charge in [-0.25, -0.2) is 0 Å². The van der Waals surface area contributed by atoms with Crippen LogP contribution in [0.15, 0.2) is 54.7 Å². The number of aldehydes is 1. The Labute approximate surface area is 146 Å². The maximum atomic E-state index is 13.1. The van der Waals surface area contributed by atoms with Crippen LogP contribution in [0.25, 0.3) is 10.9 Å². The van der Waals surface area contributed by atoms with Gasteiger partial charge < -0.3 is 9.47 Å². The van der Waals surface area contributed by atoms with Crippen molar-refractivity contribution in [2.45, 2.75) is 25.9 Å². The van der Waals surface area contributed by atoms with E-state index < -0.39 is 0 Å². The third kappa shape index (κ3) is 2.64. The van der Waals surface area contributed by atoms with Gasteiger partial charge in [-0.15, -0.1) is 0 Å². The molecule has 0 radical (unpaired) electrons. The molecule has 2 aromatic carbocycles. The molecule has 126 valence electrons. The molecular weight excluding hydrogens is 312 g/mol. The summed E-state index contributed by atoms with van der Waals surface area (Å²) in [6, 6.07) is 15.7. The van der Waals surface area contributed by atoms with Gasteiger partial charge in [0.25, 0.3) is 0 Å². The molecule has 0 N–H and O–H groups in total. The second-order valence-corrected chi connectivity index (χ2v) is 6.58. The number of para-hydroxylation sites is 1. The summed E-state index contributed by atoms with van der Waals surface area (Å²) in [6.45, 7) is 3.29. The van der Waals surface area contributed by atoms with Crippen molar-refractivity contribution in [1.29, 1.82) is 0 Å². The summed E-state index contributed by atoms with van der Waals surface area (Å²) >= 11 is 0. The van der Waals surface area contributed by atoms with Crippen molar-refractivity contribution in [3.8, 4) is 0 Å². The Morgan fingerprint density at radius 1 is 1.08 bits per heavy atom. The zero-order chi connectivity index (χ0) is 17.4. The second kappa shape index (κ2) is 6.20. The highest BCUT2D eigenvalue weighted by Crippen LogP contribution is 2.26. The number of benzene rings is 2. The molecule has 4 rings (SSSR count). The van der Waals surface area contributed by atoms with E-state index in [1.54, 1.807) is 6.20 Å². The molecule has 1 atom stereocenters. The van der Waals surface area contributed by atoms with Crippen molar-refractivity contribution in [1.82, 2.24) is 9.47 Å². The van der Waals surface area contributed by atoms with Gasteiger partial charge in [0, 0.05) is 35.8 Å². The van der Waals surface area contributed by atoms with E-state index in [4.69, 9.17) is 0 Å². The molecule has 0 aliphatic carbocycles. The van der Waals surface area contributed by atoms with Crippen LogP contribution in [0.1, 0.15) is 34.5 Å². The maximum absolute atomic E-state index is 13.1. The lowest BCUT2D eigenvalue weighted by atomic mass is 9.99. The smallest absolute Gasteiger partial charge is 0.245 e. The monoisotopic (exact) mass is 332 g/mol. The first-order chi connectivity index (χ1) is 12.2. The molecule has 0 saturated carbocycles. The number of hydrogen-bond acceptors (Lipinski definition) is 2. The van der Waals surface area contributed by atoms with Gasteiger partial charge >= 0.3 is 0 Å². The maximum Gasteiger partial charge on any atom is 0.245 e. The quantitative estimate of drug-likeness (QED) is 0.688. The molecule has 2 heterocycles. The van der Waals surface area contributed by atoms with Gasteiger partial charge in [-0.3, -0.25) is 9.59 Å². The van der Waals surface area contributed by atoms with E-state index in [1.807, 2.05) is 52.8 Å². The van der Waals surface area contributed by atoms with E-state index >= 15 is 0 Å². The third-order valence-electron chi connectivity index (χ3n) is 5.12. The van der Waals surface area contributed by atoms with Crippen molar-refractivity contribution in [2.75, 3.05) is 6.54 Å². The molecule has 1 unspecified atom stereocenters. The van der Waals surface area contributed by atoms with Crippen LogP contribution >= 0.6 is 0 Å². The van der Waals surface area contributed by atoms with Gasteiger partial charge in [-0.2, -0.15) is 0 Å². The Kier molecular flexibility index (Phi) is 3.88. The fourth-order valence-corrected chi connectivity index (χ4v) is 3.71. The Hall–Kier alpha value is -2.88. The molecule has 1 amide bonds. The van der Waals surface area contributed by atoms with Crippen LogP contribution in [0.3, 0.4) is 0 Å². The Morgan fingerprint density at radius 3 is 2.60 bits per heavy atom. The van der Waals surface area contributed by atoms with Gasteiger partial charge in [-0.1, -0.05) is 42.5 Å². The molecule has 4 heteroatoms. The first-order valence-electron chi connectivity index (χ1n) is 8.59. The Bertz CT molecular complexity index is 957. The van der Waals surface area contributed by atoms with Gasteiger partial charge in [0.05, 0.1) is 0 Å². The topological polar surface area (TPSA) is 42.3 Å². The van der Waals surface area contributed by atoms with Crippen LogP contribution in [0, 0.1) is 0 Å². The van der Waals surface area contributed by atoms with Gasteiger partial charge in [-0.05, 0) is 30.5 Å². The predicted molar refractivity (Wildman–Crippen MR) is 97.6 cm³/mol. The average molecular weight is 332 g/mol. The lowest BCUT2D eigenvalue weighted by molar-refractivity contribution is -0.135. The average Bonchev–Trinajstić information content (AvgIpc) is 3.05. The van der Waals surface area contributed by atoms with Crippen LogP contribution in [-0.4, -0.2) is 28.2 Å². The number of rotatable bonds is 3. The van der Waals surface area contributed by atoms with Crippen LogP contribution in [0.5, 0.6) is 0 Å². The molecular formula is C21H20N2O2. The Balaban J connectivity index is 1.65. The molecule has 4 nitrogen and oxygen atoms in total. The molecule has 0 bridgehead atoms. The number of carbonyl (C=O) groups is 2. The normalized spacial score (nSPS) is 15.0. The van der Waals surface area contributed by atoms with E-state index in [9.17, 15) is 9.59 Å². The number of carbonyl (C=O) groups excluding carboxylic acids is 2. The number of amides is 1. The highest BCUT2D eigenvalue weighted by atomic mass is 16.2. The van der Waals surface area contributed by atoms with Gasteiger partial charge in [0.1, 0.15) is 6.04 Å². The van der Waals surface area contributed by atoms with Crippen molar-refractivity contribution < 1.29 is 9.59 Å². The minimum absolute atomic E-state index is 0.0905. The SMILES string of the molecule is CC(C(=O)N1CCc2ccccc2C1)n1cc(C=O)c2ccccc21. The van der Waals surface area contributed by atoms with Gasteiger partial charge in [0.2, 0.25) is 5.91 Å². The van der Waals surface area contributed by atoms with E-state index in [0.717, 1.165) is 30.2 Å². The van der Waals surface area contributed by atoms with Crippen molar-refractivity contribution in [3.63, 3.8) is 0 Å². The van der Waals surface area contributed by atoms with Crippen molar-refractivity contribution in [2.24, 2.45) is 0 Å². The minimum Gasteiger partial charge on any atom is -0.336 e. The molecule has 25 heavy (non-hydrogen) atoms. The highest BCUT2D eigenvalue weighted by Gasteiger charge is 2.26. The molecule has 0 saturated heterocycles. The zero-order valence-electron chi connectivity index (χ0n) is 14.2. The van der Waals surface area contributed by atoms with Crippen LogP contribution in [0.4, 0.5) is 0 Å². The summed E-state index contributed by atoms with van der Waals surface area (Å²) in [5, 5.41) is 0.890. The molecule has 1 aliphatic heterocycles. The van der Waals surface area contributed by atoms with Crippen LogP contribution in [-0.2, 0) is 17.8 Å². The van der Waals surface area contributed by atoms with Crippen molar-refractivity contribution in [3.05, 3.63) is 71.4 Å². The van der Waals surface area contributed by atoms with E-state index in [2.05, 4.69) is 12.1 Å². The van der Waals surface area contributed by atoms with E-state index in [0.29, 0.717) is 12.1 Å². The largest absolute Gasteiger partial charge is 0.336 e. The molecule has 1 aliphatic rings. The molecule has 0 fully saturated rings. The van der Waals surface area contributed by atoms with E-state index in [1.165, 1.54) is 11.1 Å². The lowest BCUT2D eigenvalue weighted by Gasteiger charge is -2.31. The standard InChI is InChI=1S/C21H20N2O2/c1-15(23-13-18(14-24)19-8-4-5-9-20(19)23)21(25)22-11-10-16-6-2-3-7-17(16)12-22/h2-9,13-15H,10-12H2,1H3. The summed E-state index contributed by atoms with van der Waals surface area (Å²) in [7, 11) is 0. The number of fused-ring (bicyclic) bond motifs is 2. The Morgan fingerprint density at radius 2 is 1.80 bits per heavy atom. The summed E-state index contributed by atoms with van der Waals surface area (Å²) < 4.78 is 1.92. The first-order valence-corrected chi connectivity index (χ1v) is 8.59. The number of aromatic nitrogens is 1. The third-order valence-corrected chi connectivity index (χ3v) is 5.12. The summed E-state index contributed by atoms with van der Waals surface area (Å²) in [5.41, 5.74) is 4.09. The fraction of sp³-hybridized carbons (Fsp3) is 0.238. The second-order valence-electron chi connectivity index (χ2n) is 6.58. The van der Waals surface area contributed by atoms with E-state index in [-0.39, 0.29) is 11.9 Å². The van der Waals surface area contributed by atoms with Crippen molar-refractivity contribution >= 4 is 23.1 Å². The fourth-order valence-electron chi connectivity index (χ4n) is 3.71. The highest BCUT2D eigenvalue weighted by molar-refractivity contribution is 5.98. The van der Waals surface area contributed by atoms with Crippen LogP contribution < -0.4 is 0 Å². The minimum atomic E-state index is -0.344. The number of hydrogen-bond donors (Lipinski definition) is 0. The van der Waals surface area contributed by atoms with Crippen LogP contribution in [0.2, 0.25) is 0 Å². The molecule has 1 aromatic heterocycles. The summed E-state index contributed by atoms with van der Waals surface area (Å²) in [5.74, 6) is 0.0905. The molecule has 0 spiro atoms.